The van der Waals surface area contributed by atoms with Gasteiger partial charge < -0.3 is 0 Å². The first-order valence-corrected chi connectivity index (χ1v) is 14.4. The van der Waals surface area contributed by atoms with Crippen LogP contribution in [0.4, 0.5) is 11.4 Å². The molecule has 32 heavy (non-hydrogen) atoms. The lowest BCUT2D eigenvalue weighted by atomic mass is 10.2. The summed E-state index contributed by atoms with van der Waals surface area (Å²) in [5.41, 5.74) is 2.63. The van der Waals surface area contributed by atoms with Crippen LogP contribution in [0.2, 0.25) is 0 Å². The monoisotopic (exact) mass is 582 g/mol. The minimum absolute atomic E-state index is 0.0290. The average Bonchev–Trinajstić information content (AvgIpc) is 2.78. The summed E-state index contributed by atoms with van der Waals surface area (Å²) in [7, 11) is -7.75. The van der Waals surface area contributed by atoms with Gasteiger partial charge in [0.2, 0.25) is 0 Å². The predicted molar refractivity (Wildman–Crippen MR) is 136 cm³/mol. The number of anilines is 2. The summed E-state index contributed by atoms with van der Waals surface area (Å²) in [5.74, 6) is 0. The Labute approximate surface area is 203 Å². The quantitative estimate of drug-likeness (QED) is 0.328. The van der Waals surface area contributed by atoms with Gasteiger partial charge in [-0.3, -0.25) is 8.61 Å². The lowest BCUT2D eigenvalue weighted by Crippen LogP contribution is -2.53. The summed E-state index contributed by atoms with van der Waals surface area (Å²) in [4.78, 5) is 0.363. The number of fused-ring (bicyclic) bond motifs is 1. The molecule has 0 fully saturated rings. The Kier molecular flexibility index (Phi) is 6.25. The lowest BCUT2D eigenvalue weighted by molar-refractivity contribution is 0.569. The number of aryl methyl sites for hydroxylation is 2. The molecule has 3 aromatic carbocycles. The van der Waals surface area contributed by atoms with E-state index < -0.39 is 26.1 Å². The van der Waals surface area contributed by atoms with Crippen LogP contribution < -0.4 is 8.61 Å². The SMILES string of the molecule is Cc1ccc(S(=O)(=O)N2CC(CI)N(S(=O)(=O)c3ccc(C)cc3)c3ccccc32)cc1. The van der Waals surface area contributed by atoms with Crippen molar-refractivity contribution in [2.45, 2.75) is 29.7 Å². The maximum absolute atomic E-state index is 13.6. The topological polar surface area (TPSA) is 74.8 Å². The van der Waals surface area contributed by atoms with Crippen LogP contribution in [-0.2, 0) is 20.0 Å². The van der Waals surface area contributed by atoms with Gasteiger partial charge in [0.25, 0.3) is 20.0 Å². The van der Waals surface area contributed by atoms with E-state index in [1.807, 2.05) is 13.8 Å². The van der Waals surface area contributed by atoms with Gasteiger partial charge in [-0.05, 0) is 50.2 Å². The molecule has 0 amide bonds. The van der Waals surface area contributed by atoms with Crippen molar-refractivity contribution in [3.05, 3.63) is 83.9 Å². The molecule has 0 spiro atoms. The van der Waals surface area contributed by atoms with Crippen molar-refractivity contribution in [1.82, 2.24) is 0 Å². The third-order valence-electron chi connectivity index (χ3n) is 5.46. The van der Waals surface area contributed by atoms with E-state index in [9.17, 15) is 16.8 Å². The second-order valence-corrected chi connectivity index (χ2v) is 12.3. The van der Waals surface area contributed by atoms with E-state index in [1.165, 1.54) is 8.61 Å². The van der Waals surface area contributed by atoms with Gasteiger partial charge in [0.15, 0.2) is 0 Å². The first-order chi connectivity index (χ1) is 15.2. The summed E-state index contributed by atoms with van der Waals surface area (Å²) in [6, 6.07) is 19.6. The summed E-state index contributed by atoms with van der Waals surface area (Å²) in [6.45, 7) is 3.82. The standard InChI is InChI=1S/C23H23IN2O4S2/c1-17-7-11-20(12-8-17)31(27,28)25-16-19(15-24)26(23-6-4-3-5-22(23)25)32(29,30)21-13-9-18(2)10-14-21/h3-14,19H,15-16H2,1-2H3. The molecule has 6 nitrogen and oxygen atoms in total. The largest absolute Gasteiger partial charge is 0.264 e. The molecule has 3 aromatic rings. The Morgan fingerprint density at radius 1 is 0.750 bits per heavy atom. The van der Waals surface area contributed by atoms with Crippen LogP contribution in [0.5, 0.6) is 0 Å². The van der Waals surface area contributed by atoms with E-state index >= 15 is 0 Å². The summed E-state index contributed by atoms with van der Waals surface area (Å²) < 4.78 is 57.5. The Morgan fingerprint density at radius 3 is 1.72 bits per heavy atom. The molecular formula is C23H23IN2O4S2. The molecule has 4 rings (SSSR count). The van der Waals surface area contributed by atoms with Gasteiger partial charge in [0, 0.05) is 4.43 Å². The Hall–Kier alpha value is -2.11. The Morgan fingerprint density at radius 2 is 1.22 bits per heavy atom. The lowest BCUT2D eigenvalue weighted by Gasteiger charge is -2.42. The van der Waals surface area contributed by atoms with E-state index in [0.717, 1.165) is 11.1 Å². The molecular weight excluding hydrogens is 559 g/mol. The highest BCUT2D eigenvalue weighted by molar-refractivity contribution is 14.1. The van der Waals surface area contributed by atoms with Gasteiger partial charge >= 0.3 is 0 Å². The first-order valence-electron chi connectivity index (χ1n) is 10.0. The third kappa shape index (κ3) is 4.01. The van der Waals surface area contributed by atoms with Crippen LogP contribution in [-0.4, -0.2) is 33.8 Å². The van der Waals surface area contributed by atoms with E-state index in [0.29, 0.717) is 15.8 Å². The van der Waals surface area contributed by atoms with E-state index in [-0.39, 0.29) is 16.3 Å². The number of nitrogens with zero attached hydrogens (tertiary/aromatic N) is 2. The second kappa shape index (κ2) is 8.68. The summed E-state index contributed by atoms with van der Waals surface area (Å²) in [5, 5.41) is 0. The second-order valence-electron chi connectivity index (χ2n) is 7.76. The molecule has 9 heteroatoms. The number of benzene rings is 3. The zero-order chi connectivity index (χ0) is 23.1. The highest BCUT2D eigenvalue weighted by atomic mass is 127. The number of para-hydroxylation sites is 2. The fourth-order valence-corrected chi connectivity index (χ4v) is 7.86. The fraction of sp³-hybridized carbons (Fsp3) is 0.217. The molecule has 0 N–H and O–H groups in total. The number of hydrogen-bond donors (Lipinski definition) is 0. The van der Waals surface area contributed by atoms with Crippen molar-refractivity contribution >= 4 is 54.0 Å². The first kappa shape index (κ1) is 23.1. The minimum Gasteiger partial charge on any atom is -0.262 e. The molecule has 0 aromatic heterocycles. The van der Waals surface area contributed by atoms with Crippen LogP contribution >= 0.6 is 22.6 Å². The van der Waals surface area contributed by atoms with Gasteiger partial charge in [-0.2, -0.15) is 0 Å². The molecule has 0 radical (unpaired) electrons. The van der Waals surface area contributed by atoms with Gasteiger partial charge in [0.05, 0.1) is 33.8 Å². The van der Waals surface area contributed by atoms with Gasteiger partial charge in [-0.1, -0.05) is 70.1 Å². The fourth-order valence-electron chi connectivity index (χ4n) is 3.75. The molecule has 1 aliphatic heterocycles. The van der Waals surface area contributed by atoms with Gasteiger partial charge in [0.1, 0.15) is 0 Å². The maximum atomic E-state index is 13.6. The smallest absolute Gasteiger partial charge is 0.262 e. The average molecular weight is 582 g/mol. The minimum atomic E-state index is -3.89. The van der Waals surface area contributed by atoms with Crippen LogP contribution in [0, 0.1) is 13.8 Å². The number of hydrogen-bond acceptors (Lipinski definition) is 4. The maximum Gasteiger partial charge on any atom is 0.264 e. The molecule has 0 saturated heterocycles. The molecule has 1 unspecified atom stereocenters. The van der Waals surface area contributed by atoms with Crippen molar-refractivity contribution in [2.75, 3.05) is 19.6 Å². The van der Waals surface area contributed by atoms with Crippen molar-refractivity contribution in [2.24, 2.45) is 0 Å². The van der Waals surface area contributed by atoms with Gasteiger partial charge in [-0.25, -0.2) is 16.8 Å². The van der Waals surface area contributed by atoms with Crippen molar-refractivity contribution < 1.29 is 16.8 Å². The van der Waals surface area contributed by atoms with Crippen molar-refractivity contribution in [3.8, 4) is 0 Å². The molecule has 1 heterocycles. The van der Waals surface area contributed by atoms with E-state index in [1.54, 1.807) is 72.8 Å². The van der Waals surface area contributed by atoms with E-state index in [2.05, 4.69) is 22.6 Å². The van der Waals surface area contributed by atoms with E-state index in [4.69, 9.17) is 0 Å². The molecule has 0 aliphatic carbocycles. The third-order valence-corrected chi connectivity index (χ3v) is 10.2. The summed E-state index contributed by atoms with van der Waals surface area (Å²) in [6.07, 6.45) is 0. The zero-order valence-electron chi connectivity index (χ0n) is 17.6. The van der Waals surface area contributed by atoms with Crippen LogP contribution in [0.25, 0.3) is 0 Å². The van der Waals surface area contributed by atoms with Crippen LogP contribution in [0.1, 0.15) is 11.1 Å². The number of halogens is 1. The van der Waals surface area contributed by atoms with Crippen molar-refractivity contribution in [1.29, 1.82) is 0 Å². The molecule has 0 bridgehead atoms. The molecule has 1 atom stereocenters. The van der Waals surface area contributed by atoms with Crippen molar-refractivity contribution in [3.63, 3.8) is 0 Å². The Balaban J connectivity index is 1.86. The molecule has 168 valence electrons. The van der Waals surface area contributed by atoms with Crippen LogP contribution in [0.15, 0.2) is 82.6 Å². The molecule has 1 aliphatic rings. The predicted octanol–water partition coefficient (Wildman–Crippen LogP) is 4.51. The van der Waals surface area contributed by atoms with Crippen LogP contribution in [0.3, 0.4) is 0 Å². The highest BCUT2D eigenvalue weighted by Crippen LogP contribution is 2.41. The molecule has 0 saturated carbocycles. The normalized spacial score (nSPS) is 16.7. The van der Waals surface area contributed by atoms with Gasteiger partial charge in [-0.15, -0.1) is 0 Å². The Bertz CT molecular complexity index is 1340. The number of sulfonamides is 2. The highest BCUT2D eigenvalue weighted by Gasteiger charge is 2.42. The number of rotatable bonds is 5. The zero-order valence-corrected chi connectivity index (χ0v) is 21.4. The summed E-state index contributed by atoms with van der Waals surface area (Å²) >= 11 is 2.12. The number of alkyl halides is 1.